The van der Waals surface area contributed by atoms with Crippen LogP contribution in [0.5, 0.6) is 0 Å². The molecule has 0 unspecified atom stereocenters. The van der Waals surface area contributed by atoms with Crippen LogP contribution in [0, 0.1) is 5.92 Å². The van der Waals surface area contributed by atoms with Gasteiger partial charge in [0, 0.05) is 12.6 Å². The number of nitrogens with zero attached hydrogens (tertiary/aromatic N) is 2. The third-order valence-corrected chi connectivity index (χ3v) is 2.38. The molecule has 1 heterocycles. The molecule has 1 N–H and O–H groups in total. The second-order valence-corrected chi connectivity index (χ2v) is 3.95. The highest BCUT2D eigenvalue weighted by atomic mass is 35.5. The standard InChI is InChI=1S/C9H15ClN2O/c1-6(2)4-8-7(5-13)9(10)12(3)11-8/h6,13H,4-5H2,1-3H3. The molecule has 0 aliphatic rings. The van der Waals surface area contributed by atoms with E-state index >= 15 is 0 Å². The number of aryl methyl sites for hydroxylation is 1. The number of hydrogen-bond acceptors (Lipinski definition) is 2. The third-order valence-electron chi connectivity index (χ3n) is 1.91. The Bertz CT molecular complexity index is 294. The van der Waals surface area contributed by atoms with E-state index in [-0.39, 0.29) is 6.61 Å². The lowest BCUT2D eigenvalue weighted by Gasteiger charge is -2.02. The molecule has 0 saturated heterocycles. The SMILES string of the molecule is CC(C)Cc1nn(C)c(Cl)c1CO. The van der Waals surface area contributed by atoms with Crippen molar-refractivity contribution < 1.29 is 5.11 Å². The Balaban J connectivity index is 2.99. The van der Waals surface area contributed by atoms with Gasteiger partial charge in [-0.1, -0.05) is 25.4 Å². The van der Waals surface area contributed by atoms with E-state index < -0.39 is 0 Å². The van der Waals surface area contributed by atoms with E-state index in [1.165, 1.54) is 0 Å². The highest BCUT2D eigenvalue weighted by molar-refractivity contribution is 6.30. The molecule has 1 aromatic rings. The Hall–Kier alpha value is -0.540. The fraction of sp³-hybridized carbons (Fsp3) is 0.667. The Morgan fingerprint density at radius 2 is 2.15 bits per heavy atom. The molecule has 3 nitrogen and oxygen atoms in total. The Kier molecular flexibility index (Phi) is 3.33. The number of halogens is 1. The molecule has 13 heavy (non-hydrogen) atoms. The summed E-state index contributed by atoms with van der Waals surface area (Å²) < 4.78 is 1.60. The maximum atomic E-state index is 9.09. The minimum Gasteiger partial charge on any atom is -0.391 e. The lowest BCUT2D eigenvalue weighted by Crippen LogP contribution is -1.99. The van der Waals surface area contributed by atoms with E-state index in [1.807, 2.05) is 0 Å². The van der Waals surface area contributed by atoms with Crippen LogP contribution in [0.3, 0.4) is 0 Å². The van der Waals surface area contributed by atoms with E-state index in [0.717, 1.165) is 17.7 Å². The second kappa shape index (κ2) is 4.11. The van der Waals surface area contributed by atoms with Crippen LogP contribution in [0.1, 0.15) is 25.1 Å². The van der Waals surface area contributed by atoms with Crippen LogP contribution in [0.15, 0.2) is 0 Å². The molecule has 0 atom stereocenters. The predicted octanol–water partition coefficient (Wildman–Crippen LogP) is 1.76. The van der Waals surface area contributed by atoms with Gasteiger partial charge in [-0.15, -0.1) is 0 Å². The van der Waals surface area contributed by atoms with Crippen LogP contribution >= 0.6 is 11.6 Å². The quantitative estimate of drug-likeness (QED) is 0.811. The smallest absolute Gasteiger partial charge is 0.132 e. The van der Waals surface area contributed by atoms with Crippen molar-refractivity contribution in [1.29, 1.82) is 0 Å². The van der Waals surface area contributed by atoms with Crippen molar-refractivity contribution in [2.45, 2.75) is 26.9 Å². The van der Waals surface area contributed by atoms with E-state index in [4.69, 9.17) is 16.7 Å². The van der Waals surface area contributed by atoms with Crippen molar-refractivity contribution in [3.05, 3.63) is 16.4 Å². The van der Waals surface area contributed by atoms with Gasteiger partial charge in [-0.3, -0.25) is 4.68 Å². The summed E-state index contributed by atoms with van der Waals surface area (Å²) in [5, 5.41) is 13.9. The molecule has 0 spiro atoms. The minimum atomic E-state index is -0.0330. The lowest BCUT2D eigenvalue weighted by atomic mass is 10.1. The maximum absolute atomic E-state index is 9.09. The van der Waals surface area contributed by atoms with Crippen molar-refractivity contribution in [3.63, 3.8) is 0 Å². The van der Waals surface area contributed by atoms with Crippen LogP contribution in [-0.4, -0.2) is 14.9 Å². The summed E-state index contributed by atoms with van der Waals surface area (Å²) in [6.07, 6.45) is 0.858. The van der Waals surface area contributed by atoms with Gasteiger partial charge >= 0.3 is 0 Å². The molecule has 0 bridgehead atoms. The van der Waals surface area contributed by atoms with Gasteiger partial charge in [0.15, 0.2) is 0 Å². The zero-order valence-electron chi connectivity index (χ0n) is 8.21. The van der Waals surface area contributed by atoms with E-state index in [0.29, 0.717) is 11.1 Å². The van der Waals surface area contributed by atoms with Crippen LogP contribution in [-0.2, 0) is 20.1 Å². The molecule has 74 valence electrons. The average Bonchev–Trinajstić information content (AvgIpc) is 2.27. The largest absolute Gasteiger partial charge is 0.391 e. The molecule has 0 aliphatic heterocycles. The van der Waals surface area contributed by atoms with Crippen molar-refractivity contribution in [2.75, 3.05) is 0 Å². The molecule has 1 rings (SSSR count). The number of hydrogen-bond donors (Lipinski definition) is 1. The highest BCUT2D eigenvalue weighted by Crippen LogP contribution is 2.21. The van der Waals surface area contributed by atoms with Gasteiger partial charge in [-0.05, 0) is 12.3 Å². The number of aliphatic hydroxyl groups is 1. The molecule has 0 amide bonds. The van der Waals surface area contributed by atoms with E-state index in [1.54, 1.807) is 11.7 Å². The van der Waals surface area contributed by atoms with Crippen molar-refractivity contribution >= 4 is 11.6 Å². The molecule has 0 aromatic carbocycles. The molecule has 0 radical (unpaired) electrons. The summed E-state index contributed by atoms with van der Waals surface area (Å²) in [5.41, 5.74) is 1.67. The first kappa shape index (κ1) is 10.5. The summed E-state index contributed by atoms with van der Waals surface area (Å²) in [7, 11) is 1.78. The van der Waals surface area contributed by atoms with Gasteiger partial charge in [-0.25, -0.2) is 0 Å². The fourth-order valence-corrected chi connectivity index (χ4v) is 1.51. The van der Waals surface area contributed by atoms with E-state index in [9.17, 15) is 0 Å². The highest BCUT2D eigenvalue weighted by Gasteiger charge is 2.14. The summed E-state index contributed by atoms with van der Waals surface area (Å²) in [5.74, 6) is 0.524. The molecule has 0 fully saturated rings. The molecular formula is C9H15ClN2O. The summed E-state index contributed by atoms with van der Waals surface area (Å²) in [4.78, 5) is 0. The second-order valence-electron chi connectivity index (χ2n) is 3.60. The fourth-order valence-electron chi connectivity index (χ4n) is 1.31. The lowest BCUT2D eigenvalue weighted by molar-refractivity contribution is 0.280. The van der Waals surface area contributed by atoms with Gasteiger partial charge in [0.25, 0.3) is 0 Å². The third kappa shape index (κ3) is 2.23. The Morgan fingerprint density at radius 1 is 1.54 bits per heavy atom. The zero-order chi connectivity index (χ0) is 10.0. The minimum absolute atomic E-state index is 0.0330. The summed E-state index contributed by atoms with van der Waals surface area (Å²) >= 11 is 5.94. The summed E-state index contributed by atoms with van der Waals surface area (Å²) in [6, 6.07) is 0. The van der Waals surface area contributed by atoms with Gasteiger partial charge in [0.1, 0.15) is 5.15 Å². The van der Waals surface area contributed by atoms with Crippen molar-refractivity contribution in [2.24, 2.45) is 13.0 Å². The predicted molar refractivity (Wildman–Crippen MR) is 52.7 cm³/mol. The number of aliphatic hydroxyl groups excluding tert-OH is 1. The van der Waals surface area contributed by atoms with Gasteiger partial charge in [0.2, 0.25) is 0 Å². The van der Waals surface area contributed by atoms with Crippen LogP contribution in [0.2, 0.25) is 5.15 Å². The average molecular weight is 203 g/mol. The molecule has 1 aromatic heterocycles. The first-order valence-electron chi connectivity index (χ1n) is 4.37. The van der Waals surface area contributed by atoms with Gasteiger partial charge in [0.05, 0.1) is 12.3 Å². The summed E-state index contributed by atoms with van der Waals surface area (Å²) in [6.45, 7) is 4.20. The molecular weight excluding hydrogens is 188 g/mol. The normalized spacial score (nSPS) is 11.2. The number of rotatable bonds is 3. The molecule has 4 heteroatoms. The number of aromatic nitrogens is 2. The van der Waals surface area contributed by atoms with Crippen molar-refractivity contribution in [3.8, 4) is 0 Å². The van der Waals surface area contributed by atoms with Crippen molar-refractivity contribution in [1.82, 2.24) is 9.78 Å². The maximum Gasteiger partial charge on any atom is 0.132 e. The van der Waals surface area contributed by atoms with Gasteiger partial charge in [-0.2, -0.15) is 5.10 Å². The Labute approximate surface area is 83.3 Å². The first-order valence-corrected chi connectivity index (χ1v) is 4.75. The molecule has 0 aliphatic carbocycles. The van der Waals surface area contributed by atoms with Crippen LogP contribution in [0.25, 0.3) is 0 Å². The van der Waals surface area contributed by atoms with Gasteiger partial charge < -0.3 is 5.11 Å². The van der Waals surface area contributed by atoms with Crippen LogP contribution in [0.4, 0.5) is 0 Å². The topological polar surface area (TPSA) is 38.0 Å². The monoisotopic (exact) mass is 202 g/mol. The first-order chi connectivity index (χ1) is 6.06. The van der Waals surface area contributed by atoms with Crippen LogP contribution < -0.4 is 0 Å². The Morgan fingerprint density at radius 3 is 2.62 bits per heavy atom. The van der Waals surface area contributed by atoms with E-state index in [2.05, 4.69) is 18.9 Å². The molecule has 0 saturated carbocycles. The zero-order valence-corrected chi connectivity index (χ0v) is 8.97.